The molecule has 6 rings (SSSR count). The zero-order valence-electron chi connectivity index (χ0n) is 21.0. The van der Waals surface area contributed by atoms with Crippen molar-refractivity contribution in [2.75, 3.05) is 44.4 Å². The molecular formula is C27H30N8O2. The number of anilines is 3. The average Bonchev–Trinajstić information content (AvgIpc) is 3.64. The highest BCUT2D eigenvalue weighted by Gasteiger charge is 2.28. The second-order valence-corrected chi connectivity index (χ2v) is 9.36. The molecule has 0 aliphatic carbocycles. The second kappa shape index (κ2) is 9.79. The predicted octanol–water partition coefficient (Wildman–Crippen LogP) is 4.42. The van der Waals surface area contributed by atoms with Crippen LogP contribution in [0.15, 0.2) is 53.2 Å². The number of methoxy groups -OCH3 is 1. The Hall–Kier alpha value is -4.02. The third-order valence-electron chi connectivity index (χ3n) is 6.99. The van der Waals surface area contributed by atoms with Crippen molar-refractivity contribution in [3.63, 3.8) is 0 Å². The van der Waals surface area contributed by atoms with Crippen LogP contribution < -0.4 is 11.1 Å². The minimum Gasteiger partial charge on any atom is -0.423 e. The van der Waals surface area contributed by atoms with Crippen LogP contribution in [0.2, 0.25) is 0 Å². The zero-order chi connectivity index (χ0) is 25.4. The van der Waals surface area contributed by atoms with E-state index in [9.17, 15) is 0 Å². The number of fused-ring (bicyclic) bond motifs is 2. The van der Waals surface area contributed by atoms with E-state index in [1.165, 1.54) is 11.9 Å². The van der Waals surface area contributed by atoms with Gasteiger partial charge in [0, 0.05) is 38.0 Å². The molecule has 1 unspecified atom stereocenters. The van der Waals surface area contributed by atoms with Gasteiger partial charge in [0.05, 0.1) is 18.0 Å². The van der Waals surface area contributed by atoms with Gasteiger partial charge in [0.2, 0.25) is 0 Å². The molecule has 10 heteroatoms. The summed E-state index contributed by atoms with van der Waals surface area (Å²) in [4.78, 5) is 15.8. The van der Waals surface area contributed by atoms with Crippen molar-refractivity contribution < 1.29 is 9.15 Å². The third-order valence-corrected chi connectivity index (χ3v) is 6.99. The lowest BCUT2D eigenvalue weighted by molar-refractivity contribution is 0.159. The molecule has 0 saturated carbocycles. The Kier molecular flexibility index (Phi) is 6.19. The van der Waals surface area contributed by atoms with Crippen LogP contribution >= 0.6 is 0 Å². The Labute approximate surface area is 214 Å². The van der Waals surface area contributed by atoms with Crippen LogP contribution in [0.5, 0.6) is 0 Å². The number of ether oxygens (including phenoxy) is 1. The first-order chi connectivity index (χ1) is 18.1. The minimum atomic E-state index is 0.218. The summed E-state index contributed by atoms with van der Waals surface area (Å²) in [5, 5.41) is 9.04. The van der Waals surface area contributed by atoms with Crippen molar-refractivity contribution in [2.45, 2.75) is 25.8 Å². The molecule has 1 saturated heterocycles. The Morgan fingerprint density at radius 3 is 2.84 bits per heavy atom. The number of rotatable bonds is 8. The number of likely N-dealkylation sites (tertiary alicyclic amines) is 1. The lowest BCUT2D eigenvalue weighted by atomic mass is 10.1. The van der Waals surface area contributed by atoms with E-state index in [-0.39, 0.29) is 6.04 Å². The molecule has 1 atom stereocenters. The van der Waals surface area contributed by atoms with Crippen LogP contribution in [0.3, 0.4) is 0 Å². The quantitative estimate of drug-likeness (QED) is 0.320. The number of oxazole rings is 1. The Morgan fingerprint density at radius 1 is 1.16 bits per heavy atom. The van der Waals surface area contributed by atoms with Crippen molar-refractivity contribution in [2.24, 2.45) is 0 Å². The van der Waals surface area contributed by atoms with Crippen molar-refractivity contribution in [3.05, 3.63) is 54.4 Å². The molecule has 10 nitrogen and oxygen atoms in total. The summed E-state index contributed by atoms with van der Waals surface area (Å²) in [7, 11) is 1.73. The number of nitrogens with zero attached hydrogens (tertiary/aromatic N) is 6. The SMILES string of the molecule is CCc1ccc2oc(Nc3ccc(-c4nn(C5CCN(CCOC)C5)c5ncnc(N)c45)cc3)nc2c1. The summed E-state index contributed by atoms with van der Waals surface area (Å²) < 4.78 is 13.1. The molecule has 190 valence electrons. The van der Waals surface area contributed by atoms with Crippen molar-refractivity contribution in [1.29, 1.82) is 0 Å². The summed E-state index contributed by atoms with van der Waals surface area (Å²) in [5.41, 5.74) is 12.5. The van der Waals surface area contributed by atoms with Gasteiger partial charge in [0.25, 0.3) is 6.01 Å². The van der Waals surface area contributed by atoms with E-state index >= 15 is 0 Å². The van der Waals surface area contributed by atoms with E-state index in [1.54, 1.807) is 7.11 Å². The summed E-state index contributed by atoms with van der Waals surface area (Å²) in [5.74, 6) is 0.431. The van der Waals surface area contributed by atoms with Gasteiger partial charge < -0.3 is 20.2 Å². The molecule has 2 aromatic carbocycles. The molecule has 0 bridgehead atoms. The van der Waals surface area contributed by atoms with Gasteiger partial charge in [-0.15, -0.1) is 0 Å². The molecule has 0 spiro atoms. The summed E-state index contributed by atoms with van der Waals surface area (Å²) in [6, 6.07) is 14.7. The molecule has 3 N–H and O–H groups in total. The van der Waals surface area contributed by atoms with Crippen molar-refractivity contribution in [3.8, 4) is 11.3 Å². The molecule has 1 aliphatic rings. The fourth-order valence-corrected chi connectivity index (χ4v) is 4.97. The van der Waals surface area contributed by atoms with Crippen LogP contribution in [-0.4, -0.2) is 63.0 Å². The van der Waals surface area contributed by atoms with Crippen LogP contribution in [-0.2, 0) is 11.2 Å². The highest BCUT2D eigenvalue weighted by Crippen LogP contribution is 2.34. The molecule has 4 heterocycles. The molecule has 0 radical (unpaired) electrons. The van der Waals surface area contributed by atoms with Crippen LogP contribution in [0.25, 0.3) is 33.4 Å². The summed E-state index contributed by atoms with van der Waals surface area (Å²) in [6.07, 6.45) is 3.46. The molecule has 3 aromatic heterocycles. The van der Waals surface area contributed by atoms with E-state index in [0.717, 1.165) is 78.2 Å². The van der Waals surface area contributed by atoms with Crippen LogP contribution in [0.1, 0.15) is 24.9 Å². The first kappa shape index (κ1) is 23.4. The molecule has 37 heavy (non-hydrogen) atoms. The second-order valence-electron chi connectivity index (χ2n) is 9.36. The highest BCUT2D eigenvalue weighted by atomic mass is 16.5. The summed E-state index contributed by atoms with van der Waals surface area (Å²) >= 11 is 0. The molecule has 0 amide bonds. The minimum absolute atomic E-state index is 0.218. The van der Waals surface area contributed by atoms with E-state index < -0.39 is 0 Å². The van der Waals surface area contributed by atoms with Gasteiger partial charge in [0.1, 0.15) is 23.4 Å². The molecule has 1 aliphatic heterocycles. The van der Waals surface area contributed by atoms with Gasteiger partial charge in [-0.1, -0.05) is 25.1 Å². The first-order valence-electron chi connectivity index (χ1n) is 12.6. The number of nitrogen functional groups attached to an aromatic ring is 1. The Morgan fingerprint density at radius 2 is 2.03 bits per heavy atom. The number of nitrogens with one attached hydrogen (secondary N) is 1. The van der Waals surface area contributed by atoms with Gasteiger partial charge >= 0.3 is 0 Å². The number of aromatic nitrogens is 5. The molecular weight excluding hydrogens is 468 g/mol. The fourth-order valence-electron chi connectivity index (χ4n) is 4.97. The maximum absolute atomic E-state index is 6.32. The number of benzene rings is 2. The standard InChI is InChI=1S/C27H30N8O2/c1-3-17-4-9-22-21(14-17)32-27(37-22)31-19-7-5-18(6-8-19)24-23-25(28)29-16-30-26(23)35(33-24)20-10-11-34(15-20)12-13-36-2/h4-9,14,16,20H,3,10-13,15H2,1-2H3,(H,31,32)(H2,28,29,30). The lowest BCUT2D eigenvalue weighted by Gasteiger charge is -2.15. The van der Waals surface area contributed by atoms with Gasteiger partial charge in [-0.25, -0.2) is 14.6 Å². The highest BCUT2D eigenvalue weighted by molar-refractivity contribution is 5.98. The van der Waals surface area contributed by atoms with Gasteiger partial charge in [-0.05, 0) is 42.7 Å². The largest absolute Gasteiger partial charge is 0.423 e. The third kappa shape index (κ3) is 4.49. The zero-order valence-corrected chi connectivity index (χ0v) is 21.0. The topological polar surface area (TPSA) is 120 Å². The van der Waals surface area contributed by atoms with E-state index in [1.807, 2.05) is 35.0 Å². The predicted molar refractivity (Wildman–Crippen MR) is 144 cm³/mol. The van der Waals surface area contributed by atoms with Crippen LogP contribution in [0, 0.1) is 0 Å². The fraction of sp³-hybridized carbons (Fsp3) is 0.333. The monoisotopic (exact) mass is 498 g/mol. The van der Waals surface area contributed by atoms with Crippen molar-refractivity contribution in [1.82, 2.24) is 29.6 Å². The Bertz CT molecular complexity index is 1540. The van der Waals surface area contributed by atoms with E-state index in [0.29, 0.717) is 11.8 Å². The maximum atomic E-state index is 6.32. The molecule has 5 aromatic rings. The Balaban J connectivity index is 1.27. The van der Waals surface area contributed by atoms with E-state index in [2.05, 4.69) is 44.2 Å². The average molecular weight is 499 g/mol. The lowest BCUT2D eigenvalue weighted by Crippen LogP contribution is -2.25. The number of hydrogen-bond acceptors (Lipinski definition) is 9. The normalized spacial score (nSPS) is 16.2. The summed E-state index contributed by atoms with van der Waals surface area (Å²) in [6.45, 7) is 5.65. The maximum Gasteiger partial charge on any atom is 0.300 e. The van der Waals surface area contributed by atoms with E-state index in [4.69, 9.17) is 20.0 Å². The molecule has 1 fully saturated rings. The number of aryl methyl sites for hydroxylation is 1. The van der Waals surface area contributed by atoms with Gasteiger partial charge in [-0.2, -0.15) is 10.1 Å². The van der Waals surface area contributed by atoms with Crippen molar-refractivity contribution >= 4 is 39.7 Å². The number of hydrogen-bond donors (Lipinski definition) is 2. The number of nitrogens with two attached hydrogens (primary N) is 1. The first-order valence-corrected chi connectivity index (χ1v) is 12.6. The van der Waals surface area contributed by atoms with Gasteiger partial charge in [0.15, 0.2) is 11.2 Å². The van der Waals surface area contributed by atoms with Crippen LogP contribution in [0.4, 0.5) is 17.5 Å². The van der Waals surface area contributed by atoms with Gasteiger partial charge in [-0.3, -0.25) is 4.90 Å². The smallest absolute Gasteiger partial charge is 0.300 e.